The van der Waals surface area contributed by atoms with Crippen LogP contribution in [0.15, 0.2) is 11.4 Å². The fraction of sp³-hybridized carbons (Fsp3) is 0.667. The number of nitrogens with zero attached hydrogens (tertiary/aromatic N) is 2. The van der Waals surface area contributed by atoms with Gasteiger partial charge in [0.05, 0.1) is 11.4 Å². The largest absolute Gasteiger partial charge is 0.481 e. The summed E-state index contributed by atoms with van der Waals surface area (Å²) in [6, 6.07) is 0.493. The first-order chi connectivity index (χ1) is 8.08. The average molecular weight is 254 g/mol. The van der Waals surface area contributed by atoms with Gasteiger partial charge in [0.1, 0.15) is 0 Å². The molecule has 94 valence electrons. The summed E-state index contributed by atoms with van der Waals surface area (Å²) in [5, 5.41) is 9.58. The minimum atomic E-state index is -0.790. The normalized spacial score (nSPS) is 24.1. The third-order valence-corrected chi connectivity index (χ3v) is 4.27. The van der Waals surface area contributed by atoms with Gasteiger partial charge in [-0.3, -0.25) is 4.79 Å². The van der Waals surface area contributed by atoms with Gasteiger partial charge in [-0.1, -0.05) is 25.1 Å². The average Bonchev–Trinajstić information content (AvgIpc) is 2.81. The molecular weight excluding hydrogens is 236 g/mol. The molecule has 0 saturated heterocycles. The van der Waals surface area contributed by atoms with Crippen LogP contribution in [-0.2, 0) is 4.79 Å². The van der Waals surface area contributed by atoms with E-state index in [1.807, 2.05) is 6.92 Å². The van der Waals surface area contributed by atoms with E-state index in [0.29, 0.717) is 12.0 Å². The van der Waals surface area contributed by atoms with Gasteiger partial charge in [-0.05, 0) is 25.7 Å². The van der Waals surface area contributed by atoms with Gasteiger partial charge in [0.15, 0.2) is 5.16 Å². The van der Waals surface area contributed by atoms with Crippen molar-refractivity contribution in [2.75, 3.05) is 5.75 Å². The Morgan fingerprint density at radius 3 is 3.00 bits per heavy atom. The molecule has 2 unspecified atom stereocenters. The standard InChI is InChI=1S/C12H18N2O2S/c1-8-4-3-5-10(8)14-6-9(2)13-12(14)17-7-11(15)16/h6,8,10H,3-5,7H2,1-2H3,(H,15,16). The van der Waals surface area contributed by atoms with Crippen LogP contribution in [0.3, 0.4) is 0 Å². The van der Waals surface area contributed by atoms with Crippen LogP contribution in [0.25, 0.3) is 0 Å². The predicted octanol–water partition coefficient (Wildman–Crippen LogP) is 2.73. The van der Waals surface area contributed by atoms with Crippen LogP contribution in [0.5, 0.6) is 0 Å². The molecule has 0 amide bonds. The number of rotatable bonds is 4. The van der Waals surface area contributed by atoms with E-state index in [1.165, 1.54) is 31.0 Å². The van der Waals surface area contributed by atoms with E-state index in [1.54, 1.807) is 0 Å². The number of carboxylic acids is 1. The van der Waals surface area contributed by atoms with Crippen LogP contribution >= 0.6 is 11.8 Å². The van der Waals surface area contributed by atoms with Crippen molar-refractivity contribution in [3.8, 4) is 0 Å². The Hall–Kier alpha value is -0.970. The lowest BCUT2D eigenvalue weighted by Gasteiger charge is -2.19. The van der Waals surface area contributed by atoms with Gasteiger partial charge < -0.3 is 9.67 Å². The van der Waals surface area contributed by atoms with Gasteiger partial charge in [-0.25, -0.2) is 4.98 Å². The molecule has 1 fully saturated rings. The van der Waals surface area contributed by atoms with Crippen molar-refractivity contribution in [1.82, 2.24) is 9.55 Å². The second kappa shape index (κ2) is 5.12. The lowest BCUT2D eigenvalue weighted by Crippen LogP contribution is -2.12. The number of hydrogen-bond acceptors (Lipinski definition) is 3. The second-order valence-corrected chi connectivity index (χ2v) is 5.67. The summed E-state index contributed by atoms with van der Waals surface area (Å²) < 4.78 is 2.18. The van der Waals surface area contributed by atoms with Crippen LogP contribution in [-0.4, -0.2) is 26.4 Å². The molecular formula is C12H18N2O2S. The predicted molar refractivity (Wildman–Crippen MR) is 67.4 cm³/mol. The summed E-state index contributed by atoms with van der Waals surface area (Å²) in [7, 11) is 0. The first-order valence-corrected chi connectivity index (χ1v) is 6.96. The number of carbonyl (C=O) groups is 1. The van der Waals surface area contributed by atoms with Gasteiger partial charge in [-0.2, -0.15) is 0 Å². The summed E-state index contributed by atoms with van der Waals surface area (Å²) >= 11 is 1.32. The molecule has 1 heterocycles. The van der Waals surface area contributed by atoms with E-state index >= 15 is 0 Å². The molecule has 1 saturated carbocycles. The molecule has 0 aliphatic heterocycles. The number of thioether (sulfide) groups is 1. The molecule has 1 aliphatic carbocycles. The van der Waals surface area contributed by atoms with Crippen molar-refractivity contribution in [3.63, 3.8) is 0 Å². The minimum Gasteiger partial charge on any atom is -0.481 e. The highest BCUT2D eigenvalue weighted by Gasteiger charge is 2.27. The molecule has 1 N–H and O–H groups in total. The molecule has 17 heavy (non-hydrogen) atoms. The highest BCUT2D eigenvalue weighted by molar-refractivity contribution is 7.99. The SMILES string of the molecule is Cc1cn(C2CCCC2C)c(SCC(=O)O)n1. The topological polar surface area (TPSA) is 55.1 Å². The summed E-state index contributed by atoms with van der Waals surface area (Å²) in [4.78, 5) is 15.0. The fourth-order valence-corrected chi connectivity index (χ4v) is 3.30. The van der Waals surface area contributed by atoms with E-state index in [2.05, 4.69) is 22.7 Å². The smallest absolute Gasteiger partial charge is 0.313 e. The Balaban J connectivity index is 2.17. The molecule has 1 aliphatic rings. The summed E-state index contributed by atoms with van der Waals surface area (Å²) in [6.45, 7) is 4.22. The number of aryl methyl sites for hydroxylation is 1. The Morgan fingerprint density at radius 2 is 2.41 bits per heavy atom. The maximum atomic E-state index is 10.6. The molecule has 1 aromatic rings. The van der Waals surface area contributed by atoms with Crippen molar-refractivity contribution in [2.45, 2.75) is 44.3 Å². The van der Waals surface area contributed by atoms with Gasteiger partial charge in [-0.15, -0.1) is 0 Å². The summed E-state index contributed by atoms with van der Waals surface area (Å²) in [5.41, 5.74) is 0.969. The maximum Gasteiger partial charge on any atom is 0.313 e. The quantitative estimate of drug-likeness (QED) is 0.839. The number of hydrogen-bond donors (Lipinski definition) is 1. The molecule has 1 aromatic heterocycles. The van der Waals surface area contributed by atoms with Gasteiger partial charge in [0, 0.05) is 12.2 Å². The van der Waals surface area contributed by atoms with Crippen LogP contribution in [0.2, 0.25) is 0 Å². The van der Waals surface area contributed by atoms with Crippen molar-refractivity contribution in [1.29, 1.82) is 0 Å². The number of carboxylic acid groups (broad SMARTS) is 1. The molecule has 4 nitrogen and oxygen atoms in total. The first-order valence-electron chi connectivity index (χ1n) is 5.98. The van der Waals surface area contributed by atoms with Gasteiger partial charge >= 0.3 is 5.97 Å². The molecule has 2 rings (SSSR count). The zero-order valence-corrected chi connectivity index (χ0v) is 11.0. The molecule has 0 spiro atoms. The Bertz CT molecular complexity index is 417. The Labute approximate surface area is 105 Å². The lowest BCUT2D eigenvalue weighted by atomic mass is 10.1. The number of aromatic nitrogens is 2. The summed E-state index contributed by atoms with van der Waals surface area (Å²) in [5.74, 6) is -0.0492. The van der Waals surface area contributed by atoms with Crippen molar-refractivity contribution in [3.05, 3.63) is 11.9 Å². The first kappa shape index (κ1) is 12.5. The zero-order chi connectivity index (χ0) is 12.4. The number of aliphatic carboxylic acids is 1. The van der Waals surface area contributed by atoms with Crippen molar-refractivity contribution < 1.29 is 9.90 Å². The molecule has 0 bridgehead atoms. The monoisotopic (exact) mass is 254 g/mol. The van der Waals surface area contributed by atoms with E-state index in [4.69, 9.17) is 5.11 Å². The van der Waals surface area contributed by atoms with E-state index in [9.17, 15) is 4.79 Å². The highest BCUT2D eigenvalue weighted by atomic mass is 32.2. The fourth-order valence-electron chi connectivity index (χ4n) is 2.50. The van der Waals surface area contributed by atoms with Gasteiger partial charge in [0.2, 0.25) is 0 Å². The van der Waals surface area contributed by atoms with Crippen LogP contribution in [0, 0.1) is 12.8 Å². The van der Waals surface area contributed by atoms with Crippen LogP contribution in [0.4, 0.5) is 0 Å². The van der Waals surface area contributed by atoms with E-state index in [0.717, 1.165) is 10.9 Å². The van der Waals surface area contributed by atoms with Crippen molar-refractivity contribution in [2.24, 2.45) is 5.92 Å². The lowest BCUT2D eigenvalue weighted by molar-refractivity contribution is -0.133. The number of imidazole rings is 1. The molecule has 0 aromatic carbocycles. The van der Waals surface area contributed by atoms with E-state index < -0.39 is 5.97 Å². The second-order valence-electron chi connectivity index (χ2n) is 4.73. The maximum absolute atomic E-state index is 10.6. The molecule has 2 atom stereocenters. The Kier molecular flexibility index (Phi) is 3.76. The summed E-state index contributed by atoms with van der Waals surface area (Å²) in [6.07, 6.45) is 5.74. The molecule has 5 heteroatoms. The Morgan fingerprint density at radius 1 is 1.65 bits per heavy atom. The van der Waals surface area contributed by atoms with Crippen molar-refractivity contribution >= 4 is 17.7 Å². The zero-order valence-electron chi connectivity index (χ0n) is 10.2. The minimum absolute atomic E-state index is 0.0809. The van der Waals surface area contributed by atoms with Crippen LogP contribution < -0.4 is 0 Å². The highest BCUT2D eigenvalue weighted by Crippen LogP contribution is 2.37. The van der Waals surface area contributed by atoms with E-state index in [-0.39, 0.29) is 5.75 Å². The van der Waals surface area contributed by atoms with Crippen LogP contribution in [0.1, 0.15) is 37.9 Å². The third kappa shape index (κ3) is 2.83. The van der Waals surface area contributed by atoms with Gasteiger partial charge in [0.25, 0.3) is 0 Å². The molecule has 0 radical (unpaired) electrons. The third-order valence-electron chi connectivity index (χ3n) is 3.32.